The van der Waals surface area contributed by atoms with Gasteiger partial charge in [-0.3, -0.25) is 9.59 Å². The summed E-state index contributed by atoms with van der Waals surface area (Å²) in [5.41, 5.74) is 11.0. The average Bonchev–Trinajstić information content (AvgIpc) is 2.46. The smallest absolute Gasteiger partial charge is 0.326 e. The van der Waals surface area contributed by atoms with Gasteiger partial charge in [0.2, 0.25) is 11.8 Å². The van der Waals surface area contributed by atoms with E-state index in [1.807, 2.05) is 0 Å². The van der Waals surface area contributed by atoms with Crippen LogP contribution in [-0.2, 0) is 20.8 Å². The number of aromatic hydroxyl groups is 1. The van der Waals surface area contributed by atoms with Gasteiger partial charge in [0, 0.05) is 5.54 Å². The first kappa shape index (κ1) is 20.4. The highest BCUT2D eigenvalue weighted by atomic mass is 16.4. The maximum Gasteiger partial charge on any atom is 0.326 e. The predicted octanol–water partition coefficient (Wildman–Crippen LogP) is 0.218. The summed E-state index contributed by atoms with van der Waals surface area (Å²) in [6.45, 7) is 4.99. The first-order chi connectivity index (χ1) is 11.4. The number of carbonyl (C=O) groups is 3. The first-order valence-electron chi connectivity index (χ1n) is 7.81. The van der Waals surface area contributed by atoms with Crippen molar-refractivity contribution in [3.05, 3.63) is 29.8 Å². The highest BCUT2D eigenvalue weighted by Gasteiger charge is 2.40. The van der Waals surface area contributed by atoms with Crippen molar-refractivity contribution in [1.29, 1.82) is 0 Å². The molecule has 0 radical (unpaired) electrons. The molecule has 8 nitrogen and oxygen atoms in total. The molecule has 2 atom stereocenters. The molecular weight excluding hydrogens is 326 g/mol. The number of hydrogen-bond donors (Lipinski definition) is 4. The highest BCUT2D eigenvalue weighted by Crippen LogP contribution is 2.22. The van der Waals surface area contributed by atoms with Gasteiger partial charge in [-0.15, -0.1) is 0 Å². The number of rotatable bonds is 7. The largest absolute Gasteiger partial charge is 0.508 e. The second-order valence-corrected chi connectivity index (χ2v) is 6.88. The van der Waals surface area contributed by atoms with Crippen LogP contribution in [0, 0.1) is 0 Å². The number of amides is 2. The van der Waals surface area contributed by atoms with Crippen LogP contribution in [0.25, 0.3) is 0 Å². The van der Waals surface area contributed by atoms with Crippen LogP contribution >= 0.6 is 0 Å². The zero-order valence-corrected chi connectivity index (χ0v) is 14.6. The van der Waals surface area contributed by atoms with Gasteiger partial charge in [-0.25, -0.2) is 4.79 Å². The number of nitrogens with two attached hydrogens (primary N) is 2. The van der Waals surface area contributed by atoms with E-state index in [4.69, 9.17) is 11.5 Å². The molecule has 0 aliphatic rings. The lowest BCUT2D eigenvalue weighted by atomic mass is 9.97. The van der Waals surface area contributed by atoms with Crippen LogP contribution in [0.5, 0.6) is 5.75 Å². The van der Waals surface area contributed by atoms with E-state index in [1.165, 1.54) is 12.1 Å². The Bertz CT molecular complexity index is 637. The summed E-state index contributed by atoms with van der Waals surface area (Å²) in [5, 5.41) is 18.7. The fourth-order valence-corrected chi connectivity index (χ4v) is 2.58. The van der Waals surface area contributed by atoms with Crippen molar-refractivity contribution < 1.29 is 24.6 Å². The molecule has 0 aromatic heterocycles. The quantitative estimate of drug-likeness (QED) is 0.552. The second kappa shape index (κ2) is 7.98. The number of hydrogen-bond acceptors (Lipinski definition) is 5. The van der Waals surface area contributed by atoms with E-state index in [-0.39, 0.29) is 12.2 Å². The number of primary amides is 1. The van der Waals surface area contributed by atoms with E-state index < -0.39 is 41.8 Å². The van der Waals surface area contributed by atoms with Gasteiger partial charge in [0.05, 0.1) is 12.5 Å². The zero-order chi connectivity index (χ0) is 19.4. The summed E-state index contributed by atoms with van der Waals surface area (Å²) in [7, 11) is 0. The molecule has 2 amide bonds. The minimum Gasteiger partial charge on any atom is -0.508 e. The summed E-state index contributed by atoms with van der Waals surface area (Å²) in [6.07, 6.45) is -0.334. The van der Waals surface area contributed by atoms with Gasteiger partial charge in [0.15, 0.2) is 0 Å². The molecule has 0 spiro atoms. The Morgan fingerprint density at radius 3 is 2.08 bits per heavy atom. The summed E-state index contributed by atoms with van der Waals surface area (Å²) in [6, 6.07) is 3.81. The third-order valence-corrected chi connectivity index (χ3v) is 3.66. The molecule has 1 rings (SSSR count). The van der Waals surface area contributed by atoms with Crippen molar-refractivity contribution in [2.24, 2.45) is 11.5 Å². The van der Waals surface area contributed by atoms with Crippen molar-refractivity contribution in [2.75, 3.05) is 0 Å². The fourth-order valence-electron chi connectivity index (χ4n) is 2.58. The lowest BCUT2D eigenvalue weighted by Crippen LogP contribution is -2.60. The molecule has 0 bridgehead atoms. The molecule has 0 aliphatic heterocycles. The Morgan fingerprint density at radius 2 is 1.68 bits per heavy atom. The molecular formula is C17H25N3O5. The SMILES string of the molecule is CC(C)(C)N(C(=O)[C@@H](N)Cc1ccc(O)cc1)[C@@H](CC(N)=O)C(=O)O. The highest BCUT2D eigenvalue weighted by molar-refractivity contribution is 5.90. The summed E-state index contributed by atoms with van der Waals surface area (Å²) in [4.78, 5) is 36.7. The van der Waals surface area contributed by atoms with Crippen molar-refractivity contribution in [2.45, 2.75) is 51.2 Å². The Labute approximate surface area is 146 Å². The Morgan fingerprint density at radius 1 is 1.16 bits per heavy atom. The zero-order valence-electron chi connectivity index (χ0n) is 14.6. The number of nitrogens with zero attached hydrogens (tertiary/aromatic N) is 1. The molecule has 1 aromatic rings. The topological polar surface area (TPSA) is 147 Å². The molecule has 1 aromatic carbocycles. The second-order valence-electron chi connectivity index (χ2n) is 6.88. The van der Waals surface area contributed by atoms with Crippen LogP contribution in [0.3, 0.4) is 0 Å². The van der Waals surface area contributed by atoms with Crippen LogP contribution in [-0.4, -0.2) is 50.5 Å². The summed E-state index contributed by atoms with van der Waals surface area (Å²) >= 11 is 0. The van der Waals surface area contributed by atoms with Crippen molar-refractivity contribution in [3.63, 3.8) is 0 Å². The monoisotopic (exact) mass is 351 g/mol. The van der Waals surface area contributed by atoms with E-state index in [0.29, 0.717) is 5.56 Å². The predicted molar refractivity (Wildman–Crippen MR) is 91.6 cm³/mol. The van der Waals surface area contributed by atoms with Crippen LogP contribution in [0.15, 0.2) is 24.3 Å². The Balaban J connectivity index is 3.08. The van der Waals surface area contributed by atoms with Crippen LogP contribution in [0.2, 0.25) is 0 Å². The third-order valence-electron chi connectivity index (χ3n) is 3.66. The van der Waals surface area contributed by atoms with Crippen molar-refractivity contribution in [1.82, 2.24) is 4.90 Å². The molecule has 25 heavy (non-hydrogen) atoms. The van der Waals surface area contributed by atoms with Gasteiger partial charge in [-0.1, -0.05) is 12.1 Å². The van der Waals surface area contributed by atoms with Crippen molar-refractivity contribution in [3.8, 4) is 5.75 Å². The summed E-state index contributed by atoms with van der Waals surface area (Å²) < 4.78 is 0. The molecule has 0 aliphatic carbocycles. The van der Waals surface area contributed by atoms with Gasteiger partial charge < -0.3 is 26.6 Å². The number of benzene rings is 1. The standard InChI is InChI=1S/C17H25N3O5/c1-17(2,3)20(13(16(24)25)9-14(19)22)15(23)12(18)8-10-4-6-11(21)7-5-10/h4-7,12-13,21H,8-9,18H2,1-3H3,(H2,19,22)(H,24,25)/t12-,13-/m0/s1. The van der Waals surface area contributed by atoms with Gasteiger partial charge in [0.1, 0.15) is 11.8 Å². The maximum atomic E-state index is 12.8. The average molecular weight is 351 g/mol. The number of phenols is 1. The van der Waals surface area contributed by atoms with Crippen LogP contribution < -0.4 is 11.5 Å². The van der Waals surface area contributed by atoms with E-state index in [0.717, 1.165) is 4.90 Å². The number of phenolic OH excluding ortho intramolecular Hbond substituents is 1. The van der Waals surface area contributed by atoms with Gasteiger partial charge in [-0.05, 0) is 44.9 Å². The van der Waals surface area contributed by atoms with Gasteiger partial charge >= 0.3 is 5.97 Å². The molecule has 138 valence electrons. The van der Waals surface area contributed by atoms with E-state index in [9.17, 15) is 24.6 Å². The first-order valence-corrected chi connectivity index (χ1v) is 7.81. The number of carbonyl (C=O) groups excluding carboxylic acids is 2. The lowest BCUT2D eigenvalue weighted by molar-refractivity contribution is -0.157. The van der Waals surface area contributed by atoms with E-state index in [1.54, 1.807) is 32.9 Å². The molecule has 0 saturated carbocycles. The molecule has 0 fully saturated rings. The van der Waals surface area contributed by atoms with Crippen LogP contribution in [0.4, 0.5) is 0 Å². The molecule has 6 N–H and O–H groups in total. The number of carboxylic acid groups (broad SMARTS) is 1. The van der Waals surface area contributed by atoms with E-state index >= 15 is 0 Å². The van der Waals surface area contributed by atoms with Crippen LogP contribution in [0.1, 0.15) is 32.8 Å². The van der Waals surface area contributed by atoms with E-state index in [2.05, 4.69) is 0 Å². The number of carboxylic acids is 1. The fraction of sp³-hybridized carbons (Fsp3) is 0.471. The molecule has 0 heterocycles. The van der Waals surface area contributed by atoms with Gasteiger partial charge in [0.25, 0.3) is 0 Å². The minimum absolute atomic E-state index is 0.0902. The van der Waals surface area contributed by atoms with Crippen molar-refractivity contribution >= 4 is 17.8 Å². The molecule has 8 heteroatoms. The van der Waals surface area contributed by atoms with Gasteiger partial charge in [-0.2, -0.15) is 0 Å². The normalized spacial score (nSPS) is 13.8. The molecule has 0 unspecified atom stereocenters. The lowest BCUT2D eigenvalue weighted by Gasteiger charge is -2.41. The third kappa shape index (κ3) is 5.75. The Kier molecular flexibility index (Phi) is 6.52. The number of aliphatic carboxylic acids is 1. The Hall–Kier alpha value is -2.61. The molecule has 0 saturated heterocycles. The summed E-state index contributed by atoms with van der Waals surface area (Å²) in [5.74, 6) is -2.64. The minimum atomic E-state index is -1.39. The maximum absolute atomic E-state index is 12.8.